The van der Waals surface area contributed by atoms with Crippen molar-refractivity contribution in [3.8, 4) is 5.75 Å². The molecule has 4 rings (SSSR count). The lowest BCUT2D eigenvalue weighted by Crippen LogP contribution is -2.58. The van der Waals surface area contributed by atoms with Crippen molar-refractivity contribution in [2.75, 3.05) is 0 Å². The first-order chi connectivity index (χ1) is 17.4. The second kappa shape index (κ2) is 11.5. The van der Waals surface area contributed by atoms with Crippen LogP contribution in [0, 0.1) is 5.92 Å². The van der Waals surface area contributed by atoms with Gasteiger partial charge in [-0.3, -0.25) is 14.6 Å². The van der Waals surface area contributed by atoms with Crippen molar-refractivity contribution in [3.05, 3.63) is 90.0 Å². The van der Waals surface area contributed by atoms with Crippen LogP contribution >= 0.6 is 0 Å². The van der Waals surface area contributed by atoms with Gasteiger partial charge in [-0.2, -0.15) is 0 Å². The largest absolute Gasteiger partial charge is 0.620 e. The molecular weight excluding hydrogens is 459 g/mol. The molecule has 1 aromatic heterocycles. The van der Waals surface area contributed by atoms with Crippen molar-refractivity contribution in [3.63, 3.8) is 0 Å². The number of fused-ring (bicyclic) bond motifs is 1. The zero-order valence-electron chi connectivity index (χ0n) is 20.1. The number of hydrogen-bond donors (Lipinski definition) is 2. The molecule has 0 fully saturated rings. The maximum atomic E-state index is 13.5. The van der Waals surface area contributed by atoms with Gasteiger partial charge in [0.15, 0.2) is 0 Å². The molecule has 9 nitrogen and oxygen atoms in total. The van der Waals surface area contributed by atoms with Crippen LogP contribution in [-0.2, 0) is 15.9 Å². The van der Waals surface area contributed by atoms with Gasteiger partial charge in [0.25, 0.3) is 5.91 Å². The van der Waals surface area contributed by atoms with Gasteiger partial charge in [-0.1, -0.05) is 56.3 Å². The van der Waals surface area contributed by atoms with Crippen LogP contribution in [0.3, 0.4) is 0 Å². The van der Waals surface area contributed by atoms with E-state index in [0.29, 0.717) is 17.7 Å². The molecule has 2 atom stereocenters. The van der Waals surface area contributed by atoms with Crippen LogP contribution in [0.15, 0.2) is 73.2 Å². The van der Waals surface area contributed by atoms with Crippen molar-refractivity contribution in [2.45, 2.75) is 38.7 Å². The van der Waals surface area contributed by atoms with E-state index < -0.39 is 36.9 Å². The van der Waals surface area contributed by atoms with Gasteiger partial charge in [0.05, 0.1) is 17.7 Å². The summed E-state index contributed by atoms with van der Waals surface area (Å²) >= 11 is 0. The molecule has 0 saturated carbocycles. The minimum Gasteiger partial charge on any atom is -0.524 e. The number of carbonyl (C=O) groups is 3. The summed E-state index contributed by atoms with van der Waals surface area (Å²) in [5, 5.41) is 5.72. The van der Waals surface area contributed by atoms with Crippen molar-refractivity contribution in [1.82, 2.24) is 20.6 Å². The first kappa shape index (κ1) is 24.9. The molecule has 2 aromatic carbocycles. The summed E-state index contributed by atoms with van der Waals surface area (Å²) < 4.78 is 11.5. The fourth-order valence-electron chi connectivity index (χ4n) is 3.96. The number of benzene rings is 2. The zero-order chi connectivity index (χ0) is 25.5. The molecular formula is C26H27BN4O5. The number of amides is 2. The van der Waals surface area contributed by atoms with E-state index in [2.05, 4.69) is 20.6 Å². The Morgan fingerprint density at radius 3 is 2.44 bits per heavy atom. The van der Waals surface area contributed by atoms with Crippen LogP contribution in [0.4, 0.5) is 0 Å². The standard InChI is InChI=1S/C26H27BN4O5/c1-17(2)14-23(27-35-22-11-7-6-10-19(22)26(34)36-27)31-24(32)20(15-18-8-4-3-5-9-18)30-25(33)21-16-28-12-13-29-21/h3-13,16-17,20,23H,14-15H2,1-2H3,(H,30,33)(H,31,32)/t20?,23-/m0/s1. The highest BCUT2D eigenvalue weighted by atomic mass is 16.6. The number of nitrogens with one attached hydrogen (secondary N) is 2. The maximum absolute atomic E-state index is 13.5. The summed E-state index contributed by atoms with van der Waals surface area (Å²) in [5.41, 5.74) is 1.30. The lowest BCUT2D eigenvalue weighted by molar-refractivity contribution is -0.123. The normalized spacial score (nSPS) is 14.2. The van der Waals surface area contributed by atoms with Gasteiger partial charge in [0.1, 0.15) is 17.5 Å². The van der Waals surface area contributed by atoms with E-state index >= 15 is 0 Å². The van der Waals surface area contributed by atoms with Crippen molar-refractivity contribution in [2.24, 2.45) is 5.92 Å². The Morgan fingerprint density at radius 2 is 1.72 bits per heavy atom. The van der Waals surface area contributed by atoms with Crippen molar-refractivity contribution in [1.29, 1.82) is 0 Å². The molecule has 0 aliphatic carbocycles. The first-order valence-corrected chi connectivity index (χ1v) is 11.8. The van der Waals surface area contributed by atoms with Gasteiger partial charge in [-0.25, -0.2) is 9.78 Å². The predicted octanol–water partition coefficient (Wildman–Crippen LogP) is 2.63. The highest BCUT2D eigenvalue weighted by Crippen LogP contribution is 2.26. The number of para-hydroxylation sites is 1. The molecule has 36 heavy (non-hydrogen) atoms. The summed E-state index contributed by atoms with van der Waals surface area (Å²) in [6.45, 7) is 3.99. The highest BCUT2D eigenvalue weighted by Gasteiger charge is 2.43. The van der Waals surface area contributed by atoms with Gasteiger partial charge < -0.3 is 19.9 Å². The first-order valence-electron chi connectivity index (χ1n) is 11.8. The van der Waals surface area contributed by atoms with Gasteiger partial charge in [0.2, 0.25) is 5.91 Å². The quantitative estimate of drug-likeness (QED) is 0.447. The van der Waals surface area contributed by atoms with Gasteiger partial charge >= 0.3 is 13.1 Å². The molecule has 0 bridgehead atoms. The van der Waals surface area contributed by atoms with E-state index in [-0.39, 0.29) is 18.0 Å². The second-order valence-electron chi connectivity index (χ2n) is 8.94. The third kappa shape index (κ3) is 6.27. The average molecular weight is 486 g/mol. The van der Waals surface area contributed by atoms with E-state index in [1.54, 1.807) is 24.3 Å². The van der Waals surface area contributed by atoms with E-state index in [1.807, 2.05) is 44.2 Å². The topological polar surface area (TPSA) is 120 Å². The van der Waals surface area contributed by atoms with Crippen LogP contribution < -0.4 is 15.3 Å². The Morgan fingerprint density at radius 1 is 0.972 bits per heavy atom. The maximum Gasteiger partial charge on any atom is 0.620 e. The molecule has 0 saturated heterocycles. The molecule has 1 aliphatic heterocycles. The Kier molecular flexibility index (Phi) is 7.94. The monoisotopic (exact) mass is 486 g/mol. The summed E-state index contributed by atoms with van der Waals surface area (Å²) in [7, 11) is -1.01. The number of rotatable bonds is 9. The van der Waals surface area contributed by atoms with Crippen LogP contribution in [-0.4, -0.2) is 46.9 Å². The Hall–Kier alpha value is -4.21. The Labute approximate surface area is 209 Å². The minimum atomic E-state index is -1.01. The summed E-state index contributed by atoms with van der Waals surface area (Å²) in [4.78, 5) is 46.8. The third-order valence-electron chi connectivity index (χ3n) is 5.66. The molecule has 2 heterocycles. The van der Waals surface area contributed by atoms with Crippen LogP contribution in [0.25, 0.3) is 0 Å². The molecule has 10 heteroatoms. The van der Waals surface area contributed by atoms with E-state index in [4.69, 9.17) is 9.31 Å². The zero-order valence-corrected chi connectivity index (χ0v) is 20.1. The molecule has 3 aromatic rings. The van der Waals surface area contributed by atoms with Crippen molar-refractivity contribution >= 4 is 24.9 Å². The summed E-state index contributed by atoms with van der Waals surface area (Å²) in [5.74, 6) is -1.53. The highest BCUT2D eigenvalue weighted by molar-refractivity contribution is 6.51. The van der Waals surface area contributed by atoms with E-state index in [0.717, 1.165) is 5.56 Å². The van der Waals surface area contributed by atoms with Gasteiger partial charge in [0, 0.05) is 18.8 Å². The Bertz CT molecular complexity index is 1210. The molecule has 184 valence electrons. The number of aromatic nitrogens is 2. The molecule has 0 radical (unpaired) electrons. The fourth-order valence-corrected chi connectivity index (χ4v) is 3.96. The van der Waals surface area contributed by atoms with Crippen LogP contribution in [0.1, 0.15) is 46.7 Å². The van der Waals surface area contributed by atoms with E-state index in [9.17, 15) is 14.4 Å². The number of carbonyl (C=O) groups excluding carboxylic acids is 3. The smallest absolute Gasteiger partial charge is 0.524 e. The summed E-state index contributed by atoms with van der Waals surface area (Å²) in [6, 6.07) is 15.3. The molecule has 2 amide bonds. The second-order valence-corrected chi connectivity index (χ2v) is 8.94. The lowest BCUT2D eigenvalue weighted by Gasteiger charge is -2.30. The molecule has 1 aliphatic rings. The van der Waals surface area contributed by atoms with Crippen LogP contribution in [0.5, 0.6) is 5.75 Å². The average Bonchev–Trinajstić information content (AvgIpc) is 2.88. The number of hydrogen-bond acceptors (Lipinski definition) is 7. The van der Waals surface area contributed by atoms with Crippen molar-refractivity contribution < 1.29 is 23.7 Å². The van der Waals surface area contributed by atoms with Gasteiger partial charge in [-0.15, -0.1) is 0 Å². The molecule has 1 unspecified atom stereocenters. The van der Waals surface area contributed by atoms with Crippen LogP contribution in [0.2, 0.25) is 0 Å². The fraction of sp³-hybridized carbons (Fsp3) is 0.269. The SMILES string of the molecule is CC(C)C[C@H](NC(=O)C(Cc1ccccc1)NC(=O)c1cnccn1)B1OC(=O)c2ccccc2O1. The van der Waals surface area contributed by atoms with E-state index in [1.165, 1.54) is 18.6 Å². The lowest BCUT2D eigenvalue weighted by atomic mass is 9.72. The number of nitrogens with zero attached hydrogens (tertiary/aromatic N) is 2. The predicted molar refractivity (Wildman–Crippen MR) is 133 cm³/mol. The van der Waals surface area contributed by atoms with Gasteiger partial charge in [-0.05, 0) is 30.0 Å². The summed E-state index contributed by atoms with van der Waals surface area (Å²) in [6.07, 6.45) is 4.95. The molecule has 0 spiro atoms. The molecule has 2 N–H and O–H groups in total. The third-order valence-corrected chi connectivity index (χ3v) is 5.66. The Balaban J connectivity index is 1.55. The minimum absolute atomic E-state index is 0.100.